The van der Waals surface area contributed by atoms with Gasteiger partial charge in [-0.15, -0.1) is 0 Å². The molecule has 2 fully saturated rings. The Bertz CT molecular complexity index is 880. The van der Waals surface area contributed by atoms with Crippen molar-refractivity contribution in [1.29, 1.82) is 0 Å². The number of benzene rings is 1. The SMILES string of the molecule is Cc1ccc(C(=O)N2CCCC(C3NNCC3Cc3ccccc3)C2)c(=O)[nH]1. The van der Waals surface area contributed by atoms with Crippen LogP contribution >= 0.6 is 0 Å². The molecular formula is C22H28N4O2. The predicted molar refractivity (Wildman–Crippen MR) is 109 cm³/mol. The largest absolute Gasteiger partial charge is 0.338 e. The average molecular weight is 380 g/mol. The Kier molecular flexibility index (Phi) is 5.59. The van der Waals surface area contributed by atoms with Crippen molar-refractivity contribution < 1.29 is 4.79 Å². The van der Waals surface area contributed by atoms with Gasteiger partial charge in [0.15, 0.2) is 0 Å². The summed E-state index contributed by atoms with van der Waals surface area (Å²) in [5, 5.41) is 0. The monoisotopic (exact) mass is 380 g/mol. The van der Waals surface area contributed by atoms with Crippen molar-refractivity contribution in [1.82, 2.24) is 20.7 Å². The highest BCUT2D eigenvalue weighted by Gasteiger charge is 2.37. The van der Waals surface area contributed by atoms with Gasteiger partial charge in [-0.25, -0.2) is 0 Å². The van der Waals surface area contributed by atoms with Crippen molar-refractivity contribution in [3.8, 4) is 0 Å². The first-order valence-corrected chi connectivity index (χ1v) is 10.1. The fraction of sp³-hybridized carbons (Fsp3) is 0.455. The number of nitrogens with zero attached hydrogens (tertiary/aromatic N) is 1. The van der Waals surface area contributed by atoms with Crippen molar-refractivity contribution in [3.05, 3.63) is 69.6 Å². The standard InChI is InChI=1S/C22H28N4O2/c1-15-9-10-19(21(27)24-15)22(28)26-11-5-8-17(14-26)20-18(13-23-25-20)12-16-6-3-2-4-7-16/h2-4,6-7,9-10,17-18,20,23,25H,5,8,11-14H2,1H3,(H,24,27). The fourth-order valence-corrected chi connectivity index (χ4v) is 4.57. The molecule has 0 radical (unpaired) electrons. The Morgan fingerprint density at radius 1 is 1.18 bits per heavy atom. The van der Waals surface area contributed by atoms with Crippen LogP contribution < -0.4 is 16.4 Å². The molecule has 3 atom stereocenters. The number of aromatic amines is 1. The van der Waals surface area contributed by atoms with Gasteiger partial charge in [0.25, 0.3) is 11.5 Å². The maximum Gasteiger partial charge on any atom is 0.260 e. The summed E-state index contributed by atoms with van der Waals surface area (Å²) < 4.78 is 0. The quantitative estimate of drug-likeness (QED) is 0.757. The first-order chi connectivity index (χ1) is 13.6. The Morgan fingerprint density at radius 3 is 2.79 bits per heavy atom. The van der Waals surface area contributed by atoms with Crippen LogP contribution in [0.15, 0.2) is 47.3 Å². The number of likely N-dealkylation sites (tertiary alicyclic amines) is 1. The lowest BCUT2D eigenvalue weighted by atomic mass is 9.81. The van der Waals surface area contributed by atoms with Crippen molar-refractivity contribution in [2.75, 3.05) is 19.6 Å². The van der Waals surface area contributed by atoms with E-state index >= 15 is 0 Å². The van der Waals surface area contributed by atoms with Crippen molar-refractivity contribution in [2.45, 2.75) is 32.2 Å². The molecule has 0 saturated carbocycles. The lowest BCUT2D eigenvalue weighted by Crippen LogP contribution is -2.49. The van der Waals surface area contributed by atoms with E-state index in [0.717, 1.165) is 31.5 Å². The average Bonchev–Trinajstić information content (AvgIpc) is 3.16. The molecule has 1 aromatic carbocycles. The maximum absolute atomic E-state index is 12.9. The molecule has 3 N–H and O–H groups in total. The highest BCUT2D eigenvalue weighted by Crippen LogP contribution is 2.28. The number of carbonyl (C=O) groups is 1. The summed E-state index contributed by atoms with van der Waals surface area (Å²) in [5.74, 6) is 0.715. The molecule has 2 saturated heterocycles. The van der Waals surface area contributed by atoms with Crippen LogP contribution in [-0.4, -0.2) is 41.5 Å². The van der Waals surface area contributed by atoms with Gasteiger partial charge in [-0.3, -0.25) is 20.4 Å². The number of H-pyrrole nitrogens is 1. The van der Waals surface area contributed by atoms with E-state index in [4.69, 9.17) is 0 Å². The van der Waals surface area contributed by atoms with Gasteiger partial charge in [-0.05, 0) is 55.7 Å². The van der Waals surface area contributed by atoms with Gasteiger partial charge in [-0.2, -0.15) is 0 Å². The Balaban J connectivity index is 1.45. The number of piperidine rings is 1. The third-order valence-corrected chi connectivity index (χ3v) is 6.02. The number of rotatable bonds is 4. The first-order valence-electron chi connectivity index (χ1n) is 10.1. The van der Waals surface area contributed by atoms with Gasteiger partial charge in [0.05, 0.1) is 0 Å². The summed E-state index contributed by atoms with van der Waals surface area (Å²) in [4.78, 5) is 29.7. The molecule has 28 heavy (non-hydrogen) atoms. The molecule has 0 spiro atoms. The van der Waals surface area contributed by atoms with Crippen LogP contribution in [0.3, 0.4) is 0 Å². The third kappa shape index (κ3) is 4.03. The molecule has 148 valence electrons. The molecule has 2 aliphatic rings. The maximum atomic E-state index is 12.9. The molecule has 2 aromatic rings. The normalized spacial score (nSPS) is 25.0. The Morgan fingerprint density at radius 2 is 2.00 bits per heavy atom. The number of amides is 1. The van der Waals surface area contributed by atoms with Crippen LogP contribution in [0.2, 0.25) is 0 Å². The van der Waals surface area contributed by atoms with E-state index in [0.29, 0.717) is 31.0 Å². The minimum atomic E-state index is -0.297. The summed E-state index contributed by atoms with van der Waals surface area (Å²) in [6.45, 7) is 4.16. The minimum absolute atomic E-state index is 0.156. The van der Waals surface area contributed by atoms with Gasteiger partial charge in [0.2, 0.25) is 0 Å². The number of nitrogens with one attached hydrogen (secondary N) is 3. The second kappa shape index (κ2) is 8.29. The van der Waals surface area contributed by atoms with E-state index in [1.54, 1.807) is 12.1 Å². The summed E-state index contributed by atoms with van der Waals surface area (Å²) >= 11 is 0. The molecule has 2 aliphatic heterocycles. The molecule has 1 amide bonds. The van der Waals surface area contributed by atoms with Crippen LogP contribution in [0.4, 0.5) is 0 Å². The molecule has 6 heteroatoms. The molecular weight excluding hydrogens is 352 g/mol. The van der Waals surface area contributed by atoms with Gasteiger partial charge < -0.3 is 9.88 Å². The molecule has 1 aromatic heterocycles. The van der Waals surface area contributed by atoms with Crippen molar-refractivity contribution >= 4 is 5.91 Å². The van der Waals surface area contributed by atoms with E-state index in [1.165, 1.54) is 5.56 Å². The van der Waals surface area contributed by atoms with Crippen LogP contribution in [0.1, 0.15) is 34.5 Å². The third-order valence-electron chi connectivity index (χ3n) is 6.02. The highest BCUT2D eigenvalue weighted by molar-refractivity contribution is 5.93. The first kappa shape index (κ1) is 18.9. The zero-order valence-electron chi connectivity index (χ0n) is 16.3. The molecule has 3 heterocycles. The zero-order chi connectivity index (χ0) is 19.5. The number of hydrogen-bond acceptors (Lipinski definition) is 4. The highest BCUT2D eigenvalue weighted by atomic mass is 16.2. The summed E-state index contributed by atoms with van der Waals surface area (Å²) in [6, 6.07) is 14.3. The molecule has 0 aliphatic carbocycles. The second-order valence-electron chi connectivity index (χ2n) is 8.04. The smallest absolute Gasteiger partial charge is 0.260 e. The van der Waals surface area contributed by atoms with Crippen LogP contribution in [0.25, 0.3) is 0 Å². The van der Waals surface area contributed by atoms with Crippen LogP contribution in [0.5, 0.6) is 0 Å². The second-order valence-corrected chi connectivity index (χ2v) is 8.04. The van der Waals surface area contributed by atoms with E-state index in [1.807, 2.05) is 17.9 Å². The Hall–Kier alpha value is -2.44. The van der Waals surface area contributed by atoms with Crippen molar-refractivity contribution in [2.24, 2.45) is 11.8 Å². The van der Waals surface area contributed by atoms with Gasteiger partial charge >= 0.3 is 0 Å². The van der Waals surface area contributed by atoms with Gasteiger partial charge in [0.1, 0.15) is 5.56 Å². The number of aryl methyl sites for hydroxylation is 1. The van der Waals surface area contributed by atoms with Crippen LogP contribution in [0, 0.1) is 18.8 Å². The van der Waals surface area contributed by atoms with Crippen LogP contribution in [-0.2, 0) is 6.42 Å². The number of hydrazine groups is 1. The Labute approximate surface area is 165 Å². The zero-order valence-corrected chi connectivity index (χ0v) is 16.3. The molecule has 3 unspecified atom stereocenters. The van der Waals surface area contributed by atoms with E-state index < -0.39 is 0 Å². The number of carbonyl (C=O) groups excluding carboxylic acids is 1. The predicted octanol–water partition coefficient (Wildman–Crippen LogP) is 1.87. The molecule has 0 bridgehead atoms. The van der Waals surface area contributed by atoms with E-state index in [-0.39, 0.29) is 17.0 Å². The number of pyridine rings is 1. The molecule has 4 rings (SSSR count). The lowest BCUT2D eigenvalue weighted by Gasteiger charge is -2.37. The summed E-state index contributed by atoms with van der Waals surface area (Å²) in [6.07, 6.45) is 3.09. The summed E-state index contributed by atoms with van der Waals surface area (Å²) in [5.41, 5.74) is 8.84. The van der Waals surface area contributed by atoms with Gasteiger partial charge in [0, 0.05) is 31.4 Å². The topological polar surface area (TPSA) is 77.2 Å². The summed E-state index contributed by atoms with van der Waals surface area (Å²) in [7, 11) is 0. The number of hydrogen-bond donors (Lipinski definition) is 3. The fourth-order valence-electron chi connectivity index (χ4n) is 4.57. The van der Waals surface area contributed by atoms with E-state index in [9.17, 15) is 9.59 Å². The van der Waals surface area contributed by atoms with E-state index in [2.05, 4.69) is 40.1 Å². The number of aromatic nitrogens is 1. The van der Waals surface area contributed by atoms with Crippen molar-refractivity contribution in [3.63, 3.8) is 0 Å². The van der Waals surface area contributed by atoms with Gasteiger partial charge in [-0.1, -0.05) is 30.3 Å². The minimum Gasteiger partial charge on any atom is -0.338 e. The molecule has 6 nitrogen and oxygen atoms in total. The lowest BCUT2D eigenvalue weighted by molar-refractivity contribution is 0.0633.